The average Bonchev–Trinajstić information content (AvgIpc) is 3.24. The van der Waals surface area contributed by atoms with Gasteiger partial charge in [-0.05, 0) is 36.2 Å². The summed E-state index contributed by atoms with van der Waals surface area (Å²) in [6.45, 7) is 1.51. The predicted molar refractivity (Wildman–Crippen MR) is 104 cm³/mol. The number of nitrogens with zero attached hydrogens (tertiary/aromatic N) is 3. The molecular formula is C22H22FN3O3. The Morgan fingerprint density at radius 1 is 1.10 bits per heavy atom. The summed E-state index contributed by atoms with van der Waals surface area (Å²) in [7, 11) is 0. The third-order valence-corrected chi connectivity index (χ3v) is 4.93. The van der Waals surface area contributed by atoms with E-state index in [4.69, 9.17) is 9.15 Å². The highest BCUT2D eigenvalue weighted by Gasteiger charge is 2.25. The molecule has 1 atom stereocenters. The van der Waals surface area contributed by atoms with E-state index in [2.05, 4.69) is 10.2 Å². The van der Waals surface area contributed by atoms with E-state index in [-0.39, 0.29) is 17.8 Å². The lowest BCUT2D eigenvalue weighted by atomic mass is 10.1. The fraction of sp³-hybridized carbons (Fsp3) is 0.318. The van der Waals surface area contributed by atoms with Crippen LogP contribution in [-0.4, -0.2) is 40.7 Å². The molecule has 1 saturated heterocycles. The van der Waals surface area contributed by atoms with Crippen molar-refractivity contribution in [3.8, 4) is 11.5 Å². The number of aromatic nitrogens is 2. The quantitative estimate of drug-likeness (QED) is 0.635. The highest BCUT2D eigenvalue weighted by atomic mass is 19.1. The van der Waals surface area contributed by atoms with E-state index < -0.39 is 0 Å². The number of hydrogen-bond acceptors (Lipinski definition) is 5. The van der Waals surface area contributed by atoms with Crippen molar-refractivity contribution in [2.45, 2.75) is 25.4 Å². The van der Waals surface area contributed by atoms with Crippen molar-refractivity contribution in [1.82, 2.24) is 15.1 Å². The molecule has 2 heterocycles. The summed E-state index contributed by atoms with van der Waals surface area (Å²) in [5.41, 5.74) is 1.76. The van der Waals surface area contributed by atoms with Crippen LogP contribution in [0.2, 0.25) is 0 Å². The van der Waals surface area contributed by atoms with Gasteiger partial charge in [-0.15, -0.1) is 10.2 Å². The number of halogens is 1. The van der Waals surface area contributed by atoms with Crippen LogP contribution in [0.1, 0.15) is 30.4 Å². The fourth-order valence-corrected chi connectivity index (χ4v) is 3.36. The predicted octanol–water partition coefficient (Wildman–Crippen LogP) is 3.80. The molecule has 0 saturated carbocycles. The molecule has 1 fully saturated rings. The average molecular weight is 395 g/mol. The molecular weight excluding hydrogens is 373 g/mol. The second kappa shape index (κ2) is 8.96. The molecule has 1 aromatic heterocycles. The number of morpholine rings is 1. The van der Waals surface area contributed by atoms with Crippen molar-refractivity contribution < 1.29 is 18.3 Å². The Kier molecular flexibility index (Phi) is 5.95. The number of rotatable bonds is 6. The molecule has 1 aliphatic rings. The summed E-state index contributed by atoms with van der Waals surface area (Å²) < 4.78 is 24.6. The van der Waals surface area contributed by atoms with Crippen LogP contribution in [0.15, 0.2) is 59.0 Å². The highest BCUT2D eigenvalue weighted by Crippen LogP contribution is 2.23. The molecule has 6 nitrogen and oxygen atoms in total. The highest BCUT2D eigenvalue weighted by molar-refractivity contribution is 5.76. The van der Waals surface area contributed by atoms with Crippen molar-refractivity contribution in [2.24, 2.45) is 0 Å². The third-order valence-electron chi connectivity index (χ3n) is 4.93. The summed E-state index contributed by atoms with van der Waals surface area (Å²) >= 11 is 0. The van der Waals surface area contributed by atoms with Crippen LogP contribution in [0.3, 0.4) is 0 Å². The zero-order chi connectivity index (χ0) is 20.1. The molecule has 4 rings (SSSR count). The Morgan fingerprint density at radius 2 is 1.90 bits per heavy atom. The minimum absolute atomic E-state index is 0.0724. The molecule has 1 amide bonds. The van der Waals surface area contributed by atoms with Gasteiger partial charge in [-0.25, -0.2) is 4.39 Å². The van der Waals surface area contributed by atoms with Crippen LogP contribution in [-0.2, 0) is 16.0 Å². The molecule has 150 valence electrons. The molecule has 0 bridgehead atoms. The first-order valence-electron chi connectivity index (χ1n) is 9.72. The Hall–Kier alpha value is -3.06. The minimum Gasteiger partial charge on any atom is -0.421 e. The van der Waals surface area contributed by atoms with Gasteiger partial charge in [-0.1, -0.05) is 30.3 Å². The van der Waals surface area contributed by atoms with Gasteiger partial charge in [0.15, 0.2) is 0 Å². The van der Waals surface area contributed by atoms with E-state index in [1.807, 2.05) is 30.3 Å². The van der Waals surface area contributed by atoms with Gasteiger partial charge in [0.05, 0.1) is 13.2 Å². The zero-order valence-corrected chi connectivity index (χ0v) is 16.0. The maximum absolute atomic E-state index is 13.1. The zero-order valence-electron chi connectivity index (χ0n) is 16.0. The van der Waals surface area contributed by atoms with E-state index in [0.29, 0.717) is 50.7 Å². The lowest BCUT2D eigenvalue weighted by Gasteiger charge is -2.33. The van der Waals surface area contributed by atoms with Gasteiger partial charge in [-0.3, -0.25) is 4.79 Å². The summed E-state index contributed by atoms with van der Waals surface area (Å²) in [6.07, 6.45) is 1.36. The van der Waals surface area contributed by atoms with Crippen LogP contribution < -0.4 is 0 Å². The molecule has 0 aliphatic carbocycles. The minimum atomic E-state index is -0.283. The number of amides is 1. The van der Waals surface area contributed by atoms with Gasteiger partial charge >= 0.3 is 0 Å². The fourth-order valence-electron chi connectivity index (χ4n) is 3.36. The van der Waals surface area contributed by atoms with Crippen molar-refractivity contribution in [1.29, 1.82) is 0 Å². The molecule has 0 radical (unpaired) electrons. The van der Waals surface area contributed by atoms with Crippen molar-refractivity contribution in [3.63, 3.8) is 0 Å². The van der Waals surface area contributed by atoms with Crippen molar-refractivity contribution in [3.05, 3.63) is 71.9 Å². The Labute approximate surface area is 168 Å². The van der Waals surface area contributed by atoms with Gasteiger partial charge in [-0.2, -0.15) is 0 Å². The van der Waals surface area contributed by atoms with Crippen molar-refractivity contribution in [2.75, 3.05) is 19.7 Å². The van der Waals surface area contributed by atoms with Crippen LogP contribution in [0.25, 0.3) is 11.5 Å². The summed E-state index contributed by atoms with van der Waals surface area (Å²) in [6, 6.07) is 15.8. The Bertz CT molecular complexity index is 943. The number of hydrogen-bond donors (Lipinski definition) is 0. The molecule has 0 unspecified atom stereocenters. The number of benzene rings is 2. The van der Waals surface area contributed by atoms with Crippen molar-refractivity contribution >= 4 is 5.91 Å². The summed E-state index contributed by atoms with van der Waals surface area (Å²) in [5, 5.41) is 8.14. The van der Waals surface area contributed by atoms with Crippen LogP contribution in [0.4, 0.5) is 4.39 Å². The normalized spacial score (nSPS) is 16.7. The molecule has 7 heteroatoms. The van der Waals surface area contributed by atoms with Gasteiger partial charge in [0, 0.05) is 24.9 Å². The topological polar surface area (TPSA) is 68.5 Å². The monoisotopic (exact) mass is 395 g/mol. The largest absolute Gasteiger partial charge is 0.421 e. The van der Waals surface area contributed by atoms with Gasteiger partial charge < -0.3 is 14.1 Å². The SMILES string of the molecule is O=C(CCCc1nnc(-c2ccccc2)o1)N1CCO[C@H](c2ccc(F)cc2)C1. The maximum Gasteiger partial charge on any atom is 0.247 e. The summed E-state index contributed by atoms with van der Waals surface area (Å²) in [4.78, 5) is 14.4. The van der Waals surface area contributed by atoms with E-state index in [0.717, 1.165) is 11.1 Å². The first-order valence-corrected chi connectivity index (χ1v) is 9.72. The molecule has 1 aliphatic heterocycles. The number of carbonyl (C=O) groups excluding carboxylic acids is 1. The van der Waals surface area contributed by atoms with E-state index in [9.17, 15) is 9.18 Å². The molecule has 0 N–H and O–H groups in total. The smallest absolute Gasteiger partial charge is 0.247 e. The lowest BCUT2D eigenvalue weighted by Crippen LogP contribution is -2.42. The first-order chi connectivity index (χ1) is 14.2. The van der Waals surface area contributed by atoms with Gasteiger partial charge in [0.2, 0.25) is 17.7 Å². The maximum atomic E-state index is 13.1. The second-order valence-corrected chi connectivity index (χ2v) is 6.97. The van der Waals surface area contributed by atoms with Crippen LogP contribution in [0, 0.1) is 5.82 Å². The van der Waals surface area contributed by atoms with Gasteiger partial charge in [0.25, 0.3) is 0 Å². The van der Waals surface area contributed by atoms with Crippen LogP contribution >= 0.6 is 0 Å². The molecule has 3 aromatic rings. The standard InChI is InChI=1S/C22H22FN3O3/c23-18-11-9-16(10-12-18)19-15-26(13-14-28-19)21(27)8-4-7-20-24-25-22(29-20)17-5-2-1-3-6-17/h1-3,5-6,9-12,19H,4,7-8,13-15H2/t19-/m0/s1. The second-order valence-electron chi connectivity index (χ2n) is 6.97. The third kappa shape index (κ3) is 4.86. The van der Waals surface area contributed by atoms with E-state index in [1.165, 1.54) is 12.1 Å². The Morgan fingerprint density at radius 3 is 2.69 bits per heavy atom. The number of aryl methyl sites for hydroxylation is 1. The number of ether oxygens (including phenoxy) is 1. The van der Waals surface area contributed by atoms with Gasteiger partial charge in [0.1, 0.15) is 11.9 Å². The lowest BCUT2D eigenvalue weighted by molar-refractivity contribution is -0.139. The molecule has 2 aromatic carbocycles. The Balaban J connectivity index is 1.27. The molecule has 0 spiro atoms. The van der Waals surface area contributed by atoms with Crippen LogP contribution in [0.5, 0.6) is 0 Å². The number of carbonyl (C=O) groups is 1. The van der Waals surface area contributed by atoms with E-state index >= 15 is 0 Å². The first kappa shape index (κ1) is 19.3. The van der Waals surface area contributed by atoms with E-state index in [1.54, 1.807) is 17.0 Å². The summed E-state index contributed by atoms with van der Waals surface area (Å²) in [5.74, 6) is 0.808. The molecule has 29 heavy (non-hydrogen) atoms.